The van der Waals surface area contributed by atoms with Crippen molar-refractivity contribution in [1.82, 2.24) is 24.9 Å². The molecule has 0 radical (unpaired) electrons. The second-order valence-corrected chi connectivity index (χ2v) is 7.95. The third-order valence-corrected chi connectivity index (χ3v) is 5.82. The molecule has 1 aliphatic carbocycles. The summed E-state index contributed by atoms with van der Waals surface area (Å²) in [4.78, 5) is 22.5. The molecule has 1 saturated carbocycles. The third-order valence-electron chi connectivity index (χ3n) is 5.82. The van der Waals surface area contributed by atoms with E-state index in [1.807, 2.05) is 10.2 Å². The molecule has 0 spiro atoms. The van der Waals surface area contributed by atoms with Gasteiger partial charge in [-0.25, -0.2) is 18.7 Å². The molecule has 3 aromatic rings. The highest BCUT2D eigenvalue weighted by atomic mass is 19.4. The first kappa shape index (κ1) is 20.5. The number of carbonyl (C=O) groups is 1. The van der Waals surface area contributed by atoms with E-state index in [4.69, 9.17) is 4.74 Å². The van der Waals surface area contributed by atoms with Gasteiger partial charge in [-0.15, -0.1) is 0 Å². The van der Waals surface area contributed by atoms with Crippen molar-refractivity contribution in [3.63, 3.8) is 0 Å². The van der Waals surface area contributed by atoms with Crippen molar-refractivity contribution in [3.8, 4) is 5.75 Å². The van der Waals surface area contributed by atoms with Crippen LogP contribution in [0.3, 0.4) is 0 Å². The lowest BCUT2D eigenvalue weighted by atomic mass is 10.1. The van der Waals surface area contributed by atoms with Crippen LogP contribution >= 0.6 is 0 Å². The summed E-state index contributed by atoms with van der Waals surface area (Å²) in [5.74, 6) is 0.0528. The molecule has 5 rings (SSSR count). The summed E-state index contributed by atoms with van der Waals surface area (Å²) in [6.07, 6.45) is 1.08. The van der Waals surface area contributed by atoms with Crippen molar-refractivity contribution in [3.05, 3.63) is 48.3 Å². The van der Waals surface area contributed by atoms with Gasteiger partial charge in [0.2, 0.25) is 5.65 Å². The third kappa shape index (κ3) is 3.59. The molecule has 4 heterocycles. The van der Waals surface area contributed by atoms with Crippen molar-refractivity contribution in [2.45, 2.75) is 43.4 Å². The molecule has 1 N–H and O–H groups in total. The minimum atomic E-state index is -4.55. The minimum Gasteiger partial charge on any atom is -0.405 e. The molecule has 1 saturated heterocycles. The molecule has 168 valence electrons. The summed E-state index contributed by atoms with van der Waals surface area (Å²) in [5, 5.41) is 5.95. The SMILES string of the molecule is O=C(NC1(C(F)(F)F)CC1)Oc1cnn2ccc(N3CCC[C@@H]3c3cncc(F)c3)nc12. The summed E-state index contributed by atoms with van der Waals surface area (Å²) >= 11 is 0. The molecular formula is C20H18F4N6O2. The Morgan fingerprint density at radius 1 is 1.25 bits per heavy atom. The average molecular weight is 450 g/mol. The van der Waals surface area contributed by atoms with Crippen LogP contribution in [0.15, 0.2) is 36.9 Å². The predicted octanol–water partition coefficient (Wildman–Crippen LogP) is 3.79. The van der Waals surface area contributed by atoms with E-state index in [0.717, 1.165) is 24.6 Å². The van der Waals surface area contributed by atoms with Crippen LogP contribution in [0.2, 0.25) is 0 Å². The Labute approximate surface area is 179 Å². The molecule has 32 heavy (non-hydrogen) atoms. The zero-order valence-corrected chi connectivity index (χ0v) is 16.6. The fourth-order valence-corrected chi connectivity index (χ4v) is 3.99. The Kier molecular flexibility index (Phi) is 4.68. The van der Waals surface area contributed by atoms with Crippen molar-refractivity contribution in [2.24, 2.45) is 0 Å². The van der Waals surface area contributed by atoms with Crippen LogP contribution in [0.4, 0.5) is 28.2 Å². The van der Waals surface area contributed by atoms with Gasteiger partial charge in [-0.2, -0.15) is 18.3 Å². The largest absolute Gasteiger partial charge is 0.413 e. The van der Waals surface area contributed by atoms with Gasteiger partial charge in [0.1, 0.15) is 17.2 Å². The number of fused-ring (bicyclic) bond motifs is 1. The zero-order valence-electron chi connectivity index (χ0n) is 16.6. The second kappa shape index (κ2) is 7.31. The maximum Gasteiger partial charge on any atom is 0.413 e. The number of nitrogens with zero attached hydrogens (tertiary/aromatic N) is 5. The van der Waals surface area contributed by atoms with E-state index in [2.05, 4.69) is 15.1 Å². The Morgan fingerprint density at radius 2 is 2.06 bits per heavy atom. The summed E-state index contributed by atoms with van der Waals surface area (Å²) in [7, 11) is 0. The molecule has 2 fully saturated rings. The number of nitrogens with one attached hydrogen (secondary N) is 1. The highest BCUT2D eigenvalue weighted by molar-refractivity contribution is 5.74. The van der Waals surface area contributed by atoms with Crippen LogP contribution in [-0.2, 0) is 0 Å². The highest BCUT2D eigenvalue weighted by Gasteiger charge is 2.64. The van der Waals surface area contributed by atoms with E-state index in [1.54, 1.807) is 18.5 Å². The monoisotopic (exact) mass is 450 g/mol. The average Bonchev–Trinajstić information content (AvgIpc) is 3.20. The Balaban J connectivity index is 1.39. The molecule has 1 atom stereocenters. The van der Waals surface area contributed by atoms with E-state index >= 15 is 0 Å². The van der Waals surface area contributed by atoms with Crippen molar-refractivity contribution in [2.75, 3.05) is 11.4 Å². The van der Waals surface area contributed by atoms with E-state index < -0.39 is 23.6 Å². The van der Waals surface area contributed by atoms with Crippen LogP contribution in [0.1, 0.15) is 37.3 Å². The van der Waals surface area contributed by atoms with Crippen LogP contribution in [0.5, 0.6) is 5.75 Å². The lowest BCUT2D eigenvalue weighted by Crippen LogP contribution is -2.48. The number of pyridine rings is 1. The standard InChI is InChI=1S/C20H18F4N6O2/c21-13-8-12(9-25-10-13)14-2-1-6-29(14)16-3-7-30-17(27-16)15(11-26-30)32-18(31)28-19(4-5-19)20(22,23)24/h3,7-11,14H,1-2,4-6H2,(H,28,31)/t14-/m1/s1. The van der Waals surface area contributed by atoms with Crippen molar-refractivity contribution < 1.29 is 27.1 Å². The first-order chi connectivity index (χ1) is 15.3. The second-order valence-electron chi connectivity index (χ2n) is 7.95. The summed E-state index contributed by atoms with van der Waals surface area (Å²) in [5.41, 5.74) is -1.33. The number of alkyl halides is 3. The van der Waals surface area contributed by atoms with Gasteiger partial charge in [0.15, 0.2) is 5.75 Å². The van der Waals surface area contributed by atoms with Gasteiger partial charge in [0.25, 0.3) is 0 Å². The first-order valence-corrected chi connectivity index (χ1v) is 10.0. The number of halogens is 4. The highest BCUT2D eigenvalue weighted by Crippen LogP contribution is 2.49. The lowest BCUT2D eigenvalue weighted by Gasteiger charge is -2.26. The number of carbonyl (C=O) groups excluding carboxylic acids is 1. The molecule has 2 aliphatic rings. The number of anilines is 1. The van der Waals surface area contributed by atoms with Gasteiger partial charge in [0.05, 0.1) is 18.4 Å². The van der Waals surface area contributed by atoms with Crippen LogP contribution in [-0.4, -0.2) is 43.9 Å². The summed E-state index contributed by atoms with van der Waals surface area (Å²) in [6, 6.07) is 3.02. The first-order valence-electron chi connectivity index (χ1n) is 10.0. The van der Waals surface area contributed by atoms with Gasteiger partial charge in [0, 0.05) is 18.9 Å². The van der Waals surface area contributed by atoms with E-state index in [-0.39, 0.29) is 30.3 Å². The predicted molar refractivity (Wildman–Crippen MR) is 104 cm³/mol. The quantitative estimate of drug-likeness (QED) is 0.609. The van der Waals surface area contributed by atoms with Gasteiger partial charge in [-0.3, -0.25) is 4.98 Å². The molecular weight excluding hydrogens is 432 g/mol. The maximum atomic E-state index is 13.7. The smallest absolute Gasteiger partial charge is 0.405 e. The molecule has 1 amide bonds. The number of aromatic nitrogens is 4. The number of hydrogen-bond acceptors (Lipinski definition) is 6. The fraction of sp³-hybridized carbons (Fsp3) is 0.400. The van der Waals surface area contributed by atoms with Crippen LogP contribution in [0, 0.1) is 5.82 Å². The van der Waals surface area contributed by atoms with Gasteiger partial charge in [-0.1, -0.05) is 0 Å². The van der Waals surface area contributed by atoms with Crippen LogP contribution < -0.4 is 15.0 Å². The maximum absolute atomic E-state index is 13.7. The Morgan fingerprint density at radius 3 is 2.78 bits per heavy atom. The molecule has 3 aromatic heterocycles. The summed E-state index contributed by atoms with van der Waals surface area (Å²) in [6.45, 7) is 0.670. The van der Waals surface area contributed by atoms with Gasteiger partial charge in [-0.05, 0) is 43.4 Å². The van der Waals surface area contributed by atoms with Crippen molar-refractivity contribution in [1.29, 1.82) is 0 Å². The van der Waals surface area contributed by atoms with E-state index in [1.165, 1.54) is 16.8 Å². The minimum absolute atomic E-state index is 0.0644. The molecule has 0 bridgehead atoms. The fourth-order valence-electron chi connectivity index (χ4n) is 3.99. The molecule has 12 heteroatoms. The van der Waals surface area contributed by atoms with E-state index in [0.29, 0.717) is 12.4 Å². The topological polar surface area (TPSA) is 84.6 Å². The normalized spacial score (nSPS) is 19.9. The van der Waals surface area contributed by atoms with Gasteiger partial charge < -0.3 is 15.0 Å². The van der Waals surface area contributed by atoms with Gasteiger partial charge >= 0.3 is 12.3 Å². The van der Waals surface area contributed by atoms with Crippen molar-refractivity contribution >= 4 is 17.6 Å². The number of rotatable bonds is 4. The molecule has 1 aliphatic heterocycles. The number of hydrogen-bond donors (Lipinski definition) is 1. The number of ether oxygens (including phenoxy) is 1. The molecule has 0 aromatic carbocycles. The Hall–Kier alpha value is -3.44. The lowest BCUT2D eigenvalue weighted by molar-refractivity contribution is -0.163. The zero-order chi connectivity index (χ0) is 22.5. The molecule has 8 nitrogen and oxygen atoms in total. The molecule has 0 unspecified atom stereocenters. The number of amides is 1. The van der Waals surface area contributed by atoms with Crippen LogP contribution in [0.25, 0.3) is 5.65 Å². The Bertz CT molecular complexity index is 1180. The van der Waals surface area contributed by atoms with E-state index in [9.17, 15) is 22.4 Å². The summed E-state index contributed by atoms with van der Waals surface area (Å²) < 4.78 is 59.4.